The molecule has 0 heterocycles. The summed E-state index contributed by atoms with van der Waals surface area (Å²) in [5.74, 6) is -1.22. The van der Waals surface area contributed by atoms with Gasteiger partial charge in [-0.3, -0.25) is 0 Å². The van der Waals surface area contributed by atoms with E-state index >= 15 is 0 Å². The quantitative estimate of drug-likeness (QED) is 0.649. The number of hydrogen-bond acceptors (Lipinski definition) is 3. The topological polar surface area (TPSA) is 72.8 Å². The maximum atomic E-state index is 12.5. The average molecular weight is 252 g/mol. The number of carbonyl (C=O) groups is 1. The molecule has 0 aromatic carbocycles. The van der Waals surface area contributed by atoms with Crippen molar-refractivity contribution in [3.8, 4) is 0 Å². The molecule has 0 spiro atoms. The van der Waals surface area contributed by atoms with E-state index in [1.54, 1.807) is 0 Å². The number of nitrogens with zero attached hydrogens (tertiary/aromatic N) is 1. The molecule has 4 atom stereocenters. The number of halogens is 2. The largest absolute Gasteiger partial charge is 0.390 e. The van der Waals surface area contributed by atoms with Gasteiger partial charge >= 0.3 is 6.03 Å². The van der Waals surface area contributed by atoms with Crippen LogP contribution in [-0.2, 0) is 0 Å². The molecule has 1 fully saturated rings. The summed E-state index contributed by atoms with van der Waals surface area (Å²) >= 11 is 0. The Morgan fingerprint density at radius 2 is 1.88 bits per heavy atom. The molecule has 17 heavy (non-hydrogen) atoms. The minimum atomic E-state index is -2.66. The average Bonchev–Trinajstić information content (AvgIpc) is 2.24. The van der Waals surface area contributed by atoms with Crippen molar-refractivity contribution in [2.75, 3.05) is 14.1 Å². The number of urea groups is 1. The van der Waals surface area contributed by atoms with Crippen LogP contribution < -0.4 is 5.32 Å². The molecule has 0 aromatic rings. The molecule has 5 nitrogen and oxygen atoms in total. The van der Waals surface area contributed by atoms with Crippen molar-refractivity contribution in [2.45, 2.75) is 37.5 Å². The van der Waals surface area contributed by atoms with Gasteiger partial charge in [0.05, 0.1) is 12.1 Å². The zero-order chi connectivity index (χ0) is 13.2. The molecule has 1 aliphatic carbocycles. The van der Waals surface area contributed by atoms with Gasteiger partial charge in [0.1, 0.15) is 6.10 Å². The van der Waals surface area contributed by atoms with Crippen molar-refractivity contribution in [1.29, 1.82) is 0 Å². The Morgan fingerprint density at radius 3 is 2.35 bits per heavy atom. The fourth-order valence-corrected chi connectivity index (χ4v) is 1.93. The molecule has 1 rings (SSSR count). The van der Waals surface area contributed by atoms with Crippen molar-refractivity contribution in [2.24, 2.45) is 5.92 Å². The van der Waals surface area contributed by atoms with E-state index in [1.165, 1.54) is 19.0 Å². The normalized spacial score (nSPS) is 33.6. The molecule has 1 aliphatic rings. The summed E-state index contributed by atoms with van der Waals surface area (Å²) in [6.45, 7) is 0. The number of amides is 2. The predicted octanol–water partition coefficient (Wildman–Crippen LogP) is 0.0231. The molecular formula is C10H18F2N2O3. The van der Waals surface area contributed by atoms with Crippen molar-refractivity contribution in [3.63, 3.8) is 0 Å². The maximum Gasteiger partial charge on any atom is 0.317 e. The Morgan fingerprint density at radius 1 is 1.29 bits per heavy atom. The van der Waals surface area contributed by atoms with Crippen LogP contribution in [0.5, 0.6) is 0 Å². The van der Waals surface area contributed by atoms with E-state index in [4.69, 9.17) is 0 Å². The third-order valence-electron chi connectivity index (χ3n) is 3.05. The van der Waals surface area contributed by atoms with Crippen LogP contribution >= 0.6 is 0 Å². The van der Waals surface area contributed by atoms with Gasteiger partial charge in [-0.05, 0) is 12.8 Å². The first-order valence-electron chi connectivity index (χ1n) is 5.46. The number of aliphatic hydroxyl groups is 2. The molecule has 0 radical (unpaired) electrons. The van der Waals surface area contributed by atoms with Crippen molar-refractivity contribution >= 4 is 6.03 Å². The summed E-state index contributed by atoms with van der Waals surface area (Å²) in [5.41, 5.74) is 0. The van der Waals surface area contributed by atoms with Crippen LogP contribution in [0.2, 0.25) is 0 Å². The van der Waals surface area contributed by atoms with Gasteiger partial charge in [-0.1, -0.05) is 0 Å². The fourth-order valence-electron chi connectivity index (χ4n) is 1.93. The number of aliphatic hydroxyl groups excluding tert-OH is 2. The monoisotopic (exact) mass is 252 g/mol. The SMILES string of the molecule is CN(C)C(=O)N[C@H]1CCC(C(F)F)[C@@H](O)C1O. The lowest BCUT2D eigenvalue weighted by Gasteiger charge is -2.37. The molecule has 1 saturated carbocycles. The summed E-state index contributed by atoms with van der Waals surface area (Å²) in [7, 11) is 3.06. The lowest BCUT2D eigenvalue weighted by atomic mass is 9.81. The first-order chi connectivity index (χ1) is 7.84. The number of rotatable bonds is 2. The molecular weight excluding hydrogens is 234 g/mol. The van der Waals surface area contributed by atoms with E-state index in [-0.39, 0.29) is 12.8 Å². The maximum absolute atomic E-state index is 12.5. The summed E-state index contributed by atoms with van der Waals surface area (Å²) < 4.78 is 25.0. The zero-order valence-corrected chi connectivity index (χ0v) is 9.81. The molecule has 0 aliphatic heterocycles. The second-order valence-electron chi connectivity index (χ2n) is 4.51. The highest BCUT2D eigenvalue weighted by Gasteiger charge is 2.42. The zero-order valence-electron chi connectivity index (χ0n) is 9.81. The predicted molar refractivity (Wildman–Crippen MR) is 56.7 cm³/mol. The Kier molecular flexibility index (Phi) is 4.64. The second-order valence-corrected chi connectivity index (χ2v) is 4.51. The van der Waals surface area contributed by atoms with E-state index in [2.05, 4.69) is 5.32 Å². The van der Waals surface area contributed by atoms with Crippen molar-refractivity contribution in [3.05, 3.63) is 0 Å². The van der Waals surface area contributed by atoms with Gasteiger partial charge in [-0.25, -0.2) is 13.6 Å². The third-order valence-corrected chi connectivity index (χ3v) is 3.05. The Balaban J connectivity index is 2.59. The van der Waals surface area contributed by atoms with E-state index in [0.29, 0.717) is 0 Å². The number of hydrogen-bond donors (Lipinski definition) is 3. The molecule has 7 heteroatoms. The van der Waals surface area contributed by atoms with Gasteiger partial charge in [0, 0.05) is 20.0 Å². The molecule has 3 N–H and O–H groups in total. The summed E-state index contributed by atoms with van der Waals surface area (Å²) in [5, 5.41) is 21.7. The van der Waals surface area contributed by atoms with Crippen LogP contribution in [0.3, 0.4) is 0 Å². The smallest absolute Gasteiger partial charge is 0.317 e. The van der Waals surface area contributed by atoms with Crippen LogP contribution in [0, 0.1) is 5.92 Å². The van der Waals surface area contributed by atoms with E-state index < -0.39 is 36.6 Å². The first kappa shape index (κ1) is 14.1. The Bertz CT molecular complexity index is 276. The van der Waals surface area contributed by atoms with E-state index in [1.807, 2.05) is 0 Å². The molecule has 0 saturated heterocycles. The van der Waals surface area contributed by atoms with Crippen LogP contribution in [0.1, 0.15) is 12.8 Å². The lowest BCUT2D eigenvalue weighted by Crippen LogP contribution is -2.56. The summed E-state index contributed by atoms with van der Waals surface area (Å²) in [6.07, 6.45) is -5.21. The highest BCUT2D eigenvalue weighted by molar-refractivity contribution is 5.73. The highest BCUT2D eigenvalue weighted by atomic mass is 19.3. The minimum absolute atomic E-state index is 0.0776. The van der Waals surface area contributed by atoms with Gasteiger partial charge in [-0.15, -0.1) is 0 Å². The van der Waals surface area contributed by atoms with Crippen LogP contribution in [-0.4, -0.2) is 59.9 Å². The van der Waals surface area contributed by atoms with Gasteiger partial charge in [0.25, 0.3) is 0 Å². The Labute approximate surface area is 98.4 Å². The van der Waals surface area contributed by atoms with E-state index in [0.717, 1.165) is 0 Å². The second kappa shape index (κ2) is 5.59. The molecule has 2 unspecified atom stereocenters. The molecule has 2 amide bonds. The number of alkyl halides is 2. The van der Waals surface area contributed by atoms with Gasteiger partial charge in [0.15, 0.2) is 0 Å². The molecule has 0 bridgehead atoms. The van der Waals surface area contributed by atoms with Gasteiger partial charge < -0.3 is 20.4 Å². The third kappa shape index (κ3) is 3.26. The lowest BCUT2D eigenvalue weighted by molar-refractivity contribution is -0.104. The van der Waals surface area contributed by atoms with Gasteiger partial charge in [0.2, 0.25) is 6.43 Å². The van der Waals surface area contributed by atoms with Crippen LogP contribution in [0.4, 0.5) is 13.6 Å². The standard InChI is InChI=1S/C10H18F2N2O3/c1-14(2)10(17)13-6-4-3-5(9(11)12)7(15)8(6)16/h5-9,15-16H,3-4H2,1-2H3,(H,13,17)/t5?,6-,7+,8?/m0/s1. The van der Waals surface area contributed by atoms with Crippen LogP contribution in [0.15, 0.2) is 0 Å². The first-order valence-corrected chi connectivity index (χ1v) is 5.46. The Hall–Kier alpha value is -0.950. The summed E-state index contributed by atoms with van der Waals surface area (Å²) in [6, 6.07) is -1.10. The fraction of sp³-hybridized carbons (Fsp3) is 0.900. The molecule has 100 valence electrons. The summed E-state index contributed by atoms with van der Waals surface area (Å²) in [4.78, 5) is 12.6. The highest BCUT2D eigenvalue weighted by Crippen LogP contribution is 2.30. The van der Waals surface area contributed by atoms with Crippen molar-refractivity contribution in [1.82, 2.24) is 10.2 Å². The molecule has 0 aromatic heterocycles. The van der Waals surface area contributed by atoms with Crippen LogP contribution in [0.25, 0.3) is 0 Å². The number of carbonyl (C=O) groups excluding carboxylic acids is 1. The minimum Gasteiger partial charge on any atom is -0.390 e. The van der Waals surface area contributed by atoms with Gasteiger partial charge in [-0.2, -0.15) is 0 Å². The van der Waals surface area contributed by atoms with Crippen molar-refractivity contribution < 1.29 is 23.8 Å². The number of nitrogens with one attached hydrogen (secondary N) is 1. The van der Waals surface area contributed by atoms with E-state index in [9.17, 15) is 23.8 Å².